The topological polar surface area (TPSA) is 65.9 Å². The summed E-state index contributed by atoms with van der Waals surface area (Å²) >= 11 is 3.46. The molecule has 0 fully saturated rings. The fraction of sp³-hybridized carbons (Fsp3) is 0.444. The highest BCUT2D eigenvalue weighted by Gasteiger charge is 2.27. The molecule has 24 heavy (non-hydrogen) atoms. The Morgan fingerprint density at radius 1 is 1.42 bits per heavy atom. The number of esters is 1. The van der Waals surface area contributed by atoms with Gasteiger partial charge in [-0.05, 0) is 73.3 Å². The molecule has 0 radical (unpaired) electrons. The Morgan fingerprint density at radius 3 is 2.67 bits per heavy atom. The number of hydrogen-bond acceptors (Lipinski definition) is 3. The van der Waals surface area contributed by atoms with Crippen LogP contribution in [0.5, 0.6) is 0 Å². The molecule has 0 saturated heterocycles. The van der Waals surface area contributed by atoms with E-state index in [4.69, 9.17) is 10.1 Å². The van der Waals surface area contributed by atoms with E-state index >= 15 is 0 Å². The van der Waals surface area contributed by atoms with Gasteiger partial charge in [0.2, 0.25) is 0 Å². The Balaban J connectivity index is 2.26. The van der Waals surface area contributed by atoms with Gasteiger partial charge in [-0.1, -0.05) is 6.92 Å². The average molecular weight is 397 g/mol. The number of H-pyrrole nitrogens is 1. The van der Waals surface area contributed by atoms with Crippen LogP contribution in [0.3, 0.4) is 0 Å². The smallest absolute Gasteiger partial charge is 0.352 e. The van der Waals surface area contributed by atoms with Crippen LogP contribution in [0.15, 0.2) is 22.8 Å². The first-order chi connectivity index (χ1) is 11.1. The van der Waals surface area contributed by atoms with E-state index in [9.17, 15) is 9.18 Å². The molecule has 0 aliphatic rings. The molecule has 1 heterocycles. The van der Waals surface area contributed by atoms with Gasteiger partial charge in [0, 0.05) is 16.8 Å². The van der Waals surface area contributed by atoms with E-state index in [0.717, 1.165) is 15.6 Å². The quantitative estimate of drug-likeness (QED) is 0.551. The van der Waals surface area contributed by atoms with Gasteiger partial charge in [-0.3, -0.25) is 5.41 Å². The number of aromatic amines is 1. The molecule has 1 atom stereocenters. The summed E-state index contributed by atoms with van der Waals surface area (Å²) in [5.74, 6) is -1.16. The van der Waals surface area contributed by atoms with Crippen molar-refractivity contribution >= 4 is 38.5 Å². The predicted octanol–water partition coefficient (Wildman–Crippen LogP) is 5.00. The van der Waals surface area contributed by atoms with E-state index in [1.54, 1.807) is 26.8 Å². The summed E-state index contributed by atoms with van der Waals surface area (Å²) in [6.45, 7) is 7.28. The number of carbonyl (C=O) groups is 1. The van der Waals surface area contributed by atoms with Gasteiger partial charge in [-0.25, -0.2) is 9.18 Å². The summed E-state index contributed by atoms with van der Waals surface area (Å²) in [6.07, 6.45) is 1.14. The van der Waals surface area contributed by atoms with Crippen LogP contribution in [-0.2, 0) is 16.0 Å². The molecule has 6 heteroatoms. The Bertz CT molecular complexity index is 777. The van der Waals surface area contributed by atoms with Gasteiger partial charge < -0.3 is 9.72 Å². The first-order valence-electron chi connectivity index (χ1n) is 7.89. The van der Waals surface area contributed by atoms with Crippen molar-refractivity contribution in [1.29, 1.82) is 5.41 Å². The summed E-state index contributed by atoms with van der Waals surface area (Å²) in [5, 5.41) is 9.07. The molecule has 0 amide bonds. The van der Waals surface area contributed by atoms with Crippen LogP contribution in [0.2, 0.25) is 0 Å². The minimum absolute atomic E-state index is 0.0317. The maximum atomic E-state index is 13.4. The lowest BCUT2D eigenvalue weighted by atomic mass is 9.92. The second kappa shape index (κ2) is 7.05. The first kappa shape index (κ1) is 18.6. The Labute approximate surface area is 149 Å². The van der Waals surface area contributed by atoms with Crippen LogP contribution in [0.1, 0.15) is 39.7 Å². The molecule has 0 bridgehead atoms. The van der Waals surface area contributed by atoms with Gasteiger partial charge >= 0.3 is 5.97 Å². The lowest BCUT2D eigenvalue weighted by molar-refractivity contribution is -0.146. The normalized spacial score (nSPS) is 13.1. The van der Waals surface area contributed by atoms with Crippen molar-refractivity contribution in [1.82, 2.24) is 4.98 Å². The zero-order valence-electron chi connectivity index (χ0n) is 14.3. The molecular weight excluding hydrogens is 375 g/mol. The second-order valence-corrected chi connectivity index (χ2v) is 7.63. The third kappa shape index (κ3) is 4.23. The fourth-order valence-corrected chi connectivity index (χ4v) is 3.18. The SMILES string of the molecule is CCC(Cc1c(Br)[nH]c2cc(F)ccc12)C(=N)C(=O)OC(C)(C)C. The maximum Gasteiger partial charge on any atom is 0.352 e. The van der Waals surface area contributed by atoms with E-state index in [-0.39, 0.29) is 17.4 Å². The van der Waals surface area contributed by atoms with Crippen molar-refractivity contribution in [3.63, 3.8) is 0 Å². The van der Waals surface area contributed by atoms with Gasteiger partial charge in [0.05, 0.1) is 4.60 Å². The number of carbonyl (C=O) groups excluding carboxylic acids is 1. The van der Waals surface area contributed by atoms with E-state index in [0.29, 0.717) is 18.4 Å². The van der Waals surface area contributed by atoms with Gasteiger partial charge in [0.1, 0.15) is 17.1 Å². The van der Waals surface area contributed by atoms with Gasteiger partial charge in [-0.15, -0.1) is 0 Å². The molecule has 0 aliphatic heterocycles. The number of fused-ring (bicyclic) bond motifs is 1. The first-order valence-corrected chi connectivity index (χ1v) is 8.69. The monoisotopic (exact) mass is 396 g/mol. The number of benzene rings is 1. The molecular formula is C18H22BrFN2O2. The largest absolute Gasteiger partial charge is 0.455 e. The van der Waals surface area contributed by atoms with E-state index in [1.807, 2.05) is 6.92 Å². The predicted molar refractivity (Wildman–Crippen MR) is 97.0 cm³/mol. The van der Waals surface area contributed by atoms with Crippen LogP contribution in [0.4, 0.5) is 4.39 Å². The highest BCUT2D eigenvalue weighted by molar-refractivity contribution is 9.10. The Hall–Kier alpha value is -1.69. The summed E-state index contributed by atoms with van der Waals surface area (Å²) < 4.78 is 19.4. The van der Waals surface area contributed by atoms with Crippen molar-refractivity contribution < 1.29 is 13.9 Å². The third-order valence-corrected chi connectivity index (χ3v) is 4.46. The van der Waals surface area contributed by atoms with Crippen LogP contribution < -0.4 is 0 Å². The molecule has 1 unspecified atom stereocenters. The number of ether oxygens (including phenoxy) is 1. The molecule has 2 rings (SSSR count). The zero-order valence-corrected chi connectivity index (χ0v) is 15.9. The van der Waals surface area contributed by atoms with Crippen molar-refractivity contribution in [3.8, 4) is 0 Å². The average Bonchev–Trinajstić information content (AvgIpc) is 2.76. The molecule has 1 aromatic carbocycles. The lowest BCUT2D eigenvalue weighted by Crippen LogP contribution is -2.33. The summed E-state index contributed by atoms with van der Waals surface area (Å²) in [4.78, 5) is 15.3. The molecule has 0 saturated carbocycles. The molecule has 2 aromatic rings. The Kier molecular flexibility index (Phi) is 5.48. The summed E-state index contributed by atoms with van der Waals surface area (Å²) in [7, 11) is 0. The highest BCUT2D eigenvalue weighted by atomic mass is 79.9. The van der Waals surface area contributed by atoms with E-state index in [2.05, 4.69) is 20.9 Å². The molecule has 0 spiro atoms. The van der Waals surface area contributed by atoms with E-state index in [1.165, 1.54) is 12.1 Å². The molecule has 130 valence electrons. The van der Waals surface area contributed by atoms with Crippen molar-refractivity contribution in [2.45, 2.75) is 46.1 Å². The van der Waals surface area contributed by atoms with Crippen molar-refractivity contribution in [3.05, 3.63) is 34.2 Å². The van der Waals surface area contributed by atoms with Gasteiger partial charge in [0.25, 0.3) is 0 Å². The number of rotatable bonds is 5. The Morgan fingerprint density at radius 2 is 2.08 bits per heavy atom. The molecule has 1 aromatic heterocycles. The molecule has 0 aliphatic carbocycles. The van der Waals surface area contributed by atoms with E-state index < -0.39 is 11.6 Å². The number of hydrogen-bond donors (Lipinski definition) is 2. The number of nitrogens with one attached hydrogen (secondary N) is 2. The summed E-state index contributed by atoms with van der Waals surface area (Å²) in [6, 6.07) is 4.56. The van der Waals surface area contributed by atoms with Crippen molar-refractivity contribution in [2.24, 2.45) is 5.92 Å². The minimum Gasteiger partial charge on any atom is -0.455 e. The third-order valence-electron chi connectivity index (χ3n) is 3.79. The maximum absolute atomic E-state index is 13.4. The standard InChI is InChI=1S/C18H22BrFN2O2/c1-5-10(15(21)17(23)24-18(2,3)4)8-13-12-7-6-11(20)9-14(12)22-16(13)19/h6-7,9-10,21-22H,5,8H2,1-4H3. The zero-order chi connectivity index (χ0) is 18.1. The summed E-state index contributed by atoms with van der Waals surface area (Å²) in [5.41, 5.74) is 0.970. The van der Waals surface area contributed by atoms with Gasteiger partial charge in [-0.2, -0.15) is 0 Å². The van der Waals surface area contributed by atoms with Crippen molar-refractivity contribution in [2.75, 3.05) is 0 Å². The number of halogens is 2. The van der Waals surface area contributed by atoms with Gasteiger partial charge in [0.15, 0.2) is 0 Å². The number of aromatic nitrogens is 1. The minimum atomic E-state index is -0.624. The fourth-order valence-electron chi connectivity index (χ4n) is 2.59. The van der Waals surface area contributed by atoms with Crippen LogP contribution >= 0.6 is 15.9 Å². The lowest BCUT2D eigenvalue weighted by Gasteiger charge is -2.22. The van der Waals surface area contributed by atoms with Crippen LogP contribution in [-0.4, -0.2) is 22.3 Å². The molecule has 2 N–H and O–H groups in total. The highest BCUT2D eigenvalue weighted by Crippen LogP contribution is 2.30. The van der Waals surface area contributed by atoms with Crippen LogP contribution in [0, 0.1) is 17.1 Å². The van der Waals surface area contributed by atoms with Crippen LogP contribution in [0.25, 0.3) is 10.9 Å². The second-order valence-electron chi connectivity index (χ2n) is 6.83. The molecule has 4 nitrogen and oxygen atoms in total.